The average Bonchev–Trinajstić information content (AvgIpc) is 2.27. The number of rotatable bonds is 3. The van der Waals surface area contributed by atoms with Crippen LogP contribution < -0.4 is 10.7 Å². The predicted octanol–water partition coefficient (Wildman–Crippen LogP) is 2.22. The summed E-state index contributed by atoms with van der Waals surface area (Å²) in [7, 11) is 0. The maximum Gasteiger partial charge on any atom is 0.187 e. The average molecular weight is 221 g/mol. The van der Waals surface area contributed by atoms with Crippen molar-refractivity contribution in [1.82, 2.24) is 10.7 Å². The SMILES string of the molecule is C/C=N/NC(=S)NC(C)c1ccccc1. The lowest BCUT2D eigenvalue weighted by molar-refractivity contribution is 0.704. The minimum atomic E-state index is 0.179. The van der Waals surface area contributed by atoms with Gasteiger partial charge in [0.25, 0.3) is 0 Å². The summed E-state index contributed by atoms with van der Waals surface area (Å²) < 4.78 is 0. The van der Waals surface area contributed by atoms with Crippen LogP contribution in [0.4, 0.5) is 0 Å². The summed E-state index contributed by atoms with van der Waals surface area (Å²) in [5.74, 6) is 0. The van der Waals surface area contributed by atoms with Crippen LogP contribution in [0.2, 0.25) is 0 Å². The zero-order chi connectivity index (χ0) is 11.1. The third kappa shape index (κ3) is 4.08. The molecule has 1 aromatic carbocycles. The van der Waals surface area contributed by atoms with Crippen molar-refractivity contribution < 1.29 is 0 Å². The van der Waals surface area contributed by atoms with E-state index in [2.05, 4.69) is 34.9 Å². The zero-order valence-electron chi connectivity index (χ0n) is 8.90. The van der Waals surface area contributed by atoms with Gasteiger partial charge in [0.2, 0.25) is 0 Å². The molecule has 1 rings (SSSR count). The Morgan fingerprint density at radius 2 is 2.07 bits per heavy atom. The molecule has 4 heteroatoms. The Hall–Kier alpha value is -1.42. The number of hydrazone groups is 1. The molecular weight excluding hydrogens is 206 g/mol. The van der Waals surface area contributed by atoms with Crippen molar-refractivity contribution in [2.45, 2.75) is 19.9 Å². The maximum atomic E-state index is 5.06. The van der Waals surface area contributed by atoms with Crippen LogP contribution in [0.1, 0.15) is 25.5 Å². The summed E-state index contributed by atoms with van der Waals surface area (Å²) in [6, 6.07) is 10.3. The van der Waals surface area contributed by atoms with Gasteiger partial charge in [-0.2, -0.15) is 5.10 Å². The lowest BCUT2D eigenvalue weighted by Gasteiger charge is -2.15. The molecule has 80 valence electrons. The van der Waals surface area contributed by atoms with E-state index in [9.17, 15) is 0 Å². The van der Waals surface area contributed by atoms with Crippen molar-refractivity contribution in [2.75, 3.05) is 0 Å². The van der Waals surface area contributed by atoms with Crippen LogP contribution in [0, 0.1) is 0 Å². The molecule has 3 nitrogen and oxygen atoms in total. The topological polar surface area (TPSA) is 36.4 Å². The van der Waals surface area contributed by atoms with E-state index in [1.165, 1.54) is 5.56 Å². The Bertz CT molecular complexity index is 335. The molecule has 0 fully saturated rings. The molecule has 0 heterocycles. The largest absolute Gasteiger partial charge is 0.355 e. The van der Waals surface area contributed by atoms with E-state index in [0.29, 0.717) is 5.11 Å². The van der Waals surface area contributed by atoms with Gasteiger partial charge in [-0.05, 0) is 31.6 Å². The molecule has 0 bridgehead atoms. The van der Waals surface area contributed by atoms with Crippen molar-refractivity contribution in [3.63, 3.8) is 0 Å². The summed E-state index contributed by atoms with van der Waals surface area (Å²) >= 11 is 5.06. The molecule has 1 aromatic rings. The van der Waals surface area contributed by atoms with Crippen LogP contribution >= 0.6 is 12.2 Å². The minimum Gasteiger partial charge on any atom is -0.355 e. The Morgan fingerprint density at radius 1 is 1.40 bits per heavy atom. The summed E-state index contributed by atoms with van der Waals surface area (Å²) in [4.78, 5) is 0. The summed E-state index contributed by atoms with van der Waals surface area (Å²) in [6.07, 6.45) is 1.65. The van der Waals surface area contributed by atoms with Gasteiger partial charge in [0.1, 0.15) is 0 Å². The molecule has 0 aromatic heterocycles. The van der Waals surface area contributed by atoms with E-state index in [-0.39, 0.29) is 6.04 Å². The number of nitrogens with zero attached hydrogens (tertiary/aromatic N) is 1. The van der Waals surface area contributed by atoms with Gasteiger partial charge in [0, 0.05) is 6.21 Å². The van der Waals surface area contributed by atoms with E-state index in [1.807, 2.05) is 25.1 Å². The van der Waals surface area contributed by atoms with Gasteiger partial charge in [0.05, 0.1) is 6.04 Å². The normalized spacial score (nSPS) is 12.4. The van der Waals surface area contributed by atoms with Crippen molar-refractivity contribution in [2.24, 2.45) is 5.10 Å². The molecule has 0 aliphatic carbocycles. The molecule has 0 saturated carbocycles. The van der Waals surface area contributed by atoms with Crippen molar-refractivity contribution in [1.29, 1.82) is 0 Å². The monoisotopic (exact) mass is 221 g/mol. The van der Waals surface area contributed by atoms with Gasteiger partial charge in [-0.3, -0.25) is 5.43 Å². The highest BCUT2D eigenvalue weighted by molar-refractivity contribution is 7.80. The number of hydrogen-bond donors (Lipinski definition) is 2. The first-order chi connectivity index (χ1) is 7.24. The Morgan fingerprint density at radius 3 is 2.67 bits per heavy atom. The molecule has 1 atom stereocenters. The van der Waals surface area contributed by atoms with Crippen LogP contribution in [0.25, 0.3) is 0 Å². The molecule has 0 radical (unpaired) electrons. The highest BCUT2D eigenvalue weighted by atomic mass is 32.1. The van der Waals surface area contributed by atoms with E-state index < -0.39 is 0 Å². The molecule has 0 aliphatic heterocycles. The van der Waals surface area contributed by atoms with E-state index in [1.54, 1.807) is 6.21 Å². The molecule has 1 unspecified atom stereocenters. The van der Waals surface area contributed by atoms with Crippen molar-refractivity contribution >= 4 is 23.5 Å². The smallest absolute Gasteiger partial charge is 0.187 e. The minimum absolute atomic E-state index is 0.179. The molecule has 0 spiro atoms. The highest BCUT2D eigenvalue weighted by Gasteiger charge is 2.04. The van der Waals surface area contributed by atoms with Crippen LogP contribution in [0.3, 0.4) is 0 Å². The van der Waals surface area contributed by atoms with Gasteiger partial charge in [0.15, 0.2) is 5.11 Å². The van der Waals surface area contributed by atoms with Crippen molar-refractivity contribution in [3.8, 4) is 0 Å². The second kappa shape index (κ2) is 6.14. The second-order valence-corrected chi connectivity index (χ2v) is 3.51. The highest BCUT2D eigenvalue weighted by Crippen LogP contribution is 2.10. The maximum absolute atomic E-state index is 5.06. The van der Waals surface area contributed by atoms with Gasteiger partial charge >= 0.3 is 0 Å². The third-order valence-corrected chi connectivity index (χ3v) is 2.15. The van der Waals surface area contributed by atoms with Crippen LogP contribution in [0.15, 0.2) is 35.4 Å². The molecule has 0 saturated heterocycles. The number of thiocarbonyl (C=S) groups is 1. The lowest BCUT2D eigenvalue weighted by Crippen LogP contribution is -2.33. The molecule has 0 amide bonds. The molecule has 2 N–H and O–H groups in total. The fourth-order valence-electron chi connectivity index (χ4n) is 1.18. The molecule has 0 aliphatic rings. The Kier molecular flexibility index (Phi) is 4.77. The summed E-state index contributed by atoms with van der Waals surface area (Å²) in [5, 5.41) is 7.51. The number of hydrogen-bond acceptors (Lipinski definition) is 2. The first-order valence-electron chi connectivity index (χ1n) is 4.83. The fourth-order valence-corrected chi connectivity index (χ4v) is 1.41. The van der Waals surface area contributed by atoms with E-state index in [4.69, 9.17) is 12.2 Å². The zero-order valence-corrected chi connectivity index (χ0v) is 9.71. The first-order valence-corrected chi connectivity index (χ1v) is 5.24. The van der Waals surface area contributed by atoms with Crippen LogP contribution in [-0.4, -0.2) is 11.3 Å². The van der Waals surface area contributed by atoms with Gasteiger partial charge in [-0.1, -0.05) is 30.3 Å². The molecular formula is C11H15N3S. The van der Waals surface area contributed by atoms with E-state index >= 15 is 0 Å². The Balaban J connectivity index is 2.49. The van der Waals surface area contributed by atoms with Crippen LogP contribution in [0.5, 0.6) is 0 Å². The number of nitrogens with one attached hydrogen (secondary N) is 2. The standard InChI is InChI=1S/C11H15N3S/c1-3-12-14-11(15)13-9(2)10-7-5-4-6-8-10/h3-9H,1-2H3,(H2,13,14,15)/b12-3+. The van der Waals surface area contributed by atoms with Gasteiger partial charge in [-0.15, -0.1) is 0 Å². The first kappa shape index (κ1) is 11.7. The Labute approximate surface area is 95.6 Å². The number of benzene rings is 1. The van der Waals surface area contributed by atoms with Gasteiger partial charge < -0.3 is 5.32 Å². The van der Waals surface area contributed by atoms with E-state index in [0.717, 1.165) is 0 Å². The summed E-state index contributed by atoms with van der Waals surface area (Å²) in [6.45, 7) is 3.88. The van der Waals surface area contributed by atoms with Crippen LogP contribution in [-0.2, 0) is 0 Å². The second-order valence-electron chi connectivity index (χ2n) is 3.10. The van der Waals surface area contributed by atoms with Crippen molar-refractivity contribution in [3.05, 3.63) is 35.9 Å². The quantitative estimate of drug-likeness (QED) is 0.467. The summed E-state index contributed by atoms with van der Waals surface area (Å²) in [5.41, 5.74) is 3.92. The van der Waals surface area contributed by atoms with Gasteiger partial charge in [-0.25, -0.2) is 0 Å². The third-order valence-electron chi connectivity index (χ3n) is 1.94. The molecule has 15 heavy (non-hydrogen) atoms. The fraction of sp³-hybridized carbons (Fsp3) is 0.273. The predicted molar refractivity (Wildman–Crippen MR) is 67.9 cm³/mol. The lowest BCUT2D eigenvalue weighted by atomic mass is 10.1.